The number of hydrogen-bond acceptors (Lipinski definition) is 6. The van der Waals surface area contributed by atoms with Gasteiger partial charge in [-0.15, -0.1) is 0 Å². The van der Waals surface area contributed by atoms with E-state index in [1.54, 1.807) is 24.3 Å². The van der Waals surface area contributed by atoms with E-state index in [0.29, 0.717) is 29.9 Å². The molecule has 0 radical (unpaired) electrons. The third-order valence-electron chi connectivity index (χ3n) is 5.24. The van der Waals surface area contributed by atoms with Crippen LogP contribution in [0.1, 0.15) is 15.9 Å². The molecule has 0 fully saturated rings. The molecule has 0 spiro atoms. The molecule has 4 rings (SSSR count). The molecule has 3 aromatic rings. The summed E-state index contributed by atoms with van der Waals surface area (Å²) in [5, 5.41) is 5.71. The summed E-state index contributed by atoms with van der Waals surface area (Å²) in [7, 11) is 3.81. The maximum atomic E-state index is 14.7. The molecule has 9 nitrogen and oxygen atoms in total. The van der Waals surface area contributed by atoms with Crippen LogP contribution in [0.15, 0.2) is 42.5 Å². The topological polar surface area (TPSA) is 116 Å². The zero-order valence-electron chi connectivity index (χ0n) is 18.6. The summed E-state index contributed by atoms with van der Waals surface area (Å²) >= 11 is 0. The number of anilines is 3. The number of para-hydroxylation sites is 1. The lowest BCUT2D eigenvalue weighted by Crippen LogP contribution is -2.43. The molecule has 2 aromatic carbocycles. The van der Waals surface area contributed by atoms with Crippen molar-refractivity contribution in [1.29, 1.82) is 0 Å². The number of hydrogen-bond donors (Lipinski definition) is 3. The Morgan fingerprint density at radius 3 is 2.56 bits per heavy atom. The van der Waals surface area contributed by atoms with E-state index in [9.17, 15) is 18.4 Å². The van der Waals surface area contributed by atoms with E-state index < -0.39 is 29.3 Å². The van der Waals surface area contributed by atoms with Crippen LogP contribution in [0.4, 0.5) is 31.0 Å². The maximum absolute atomic E-state index is 14.7. The van der Waals surface area contributed by atoms with Gasteiger partial charge in [0.25, 0.3) is 0 Å². The quantitative estimate of drug-likeness (QED) is 0.492. The van der Waals surface area contributed by atoms with Gasteiger partial charge in [0, 0.05) is 29.8 Å². The predicted octanol–water partition coefficient (Wildman–Crippen LogP) is 2.86. The number of urea groups is 1. The normalized spacial score (nSPS) is 13.0. The Morgan fingerprint density at radius 1 is 1.18 bits per heavy atom. The molecule has 1 aromatic heterocycles. The molecule has 0 saturated carbocycles. The zero-order valence-corrected chi connectivity index (χ0v) is 18.6. The van der Waals surface area contributed by atoms with E-state index in [1.807, 2.05) is 19.0 Å². The third kappa shape index (κ3) is 4.50. The van der Waals surface area contributed by atoms with E-state index in [0.717, 1.165) is 17.0 Å². The number of rotatable bonds is 7. The molecule has 0 atom stereocenters. The first-order chi connectivity index (χ1) is 16.3. The molecule has 0 unspecified atom stereocenters. The minimum atomic E-state index is -0.916. The van der Waals surface area contributed by atoms with E-state index in [1.165, 1.54) is 6.07 Å². The lowest BCUT2D eigenvalue weighted by Gasteiger charge is -2.30. The first-order valence-corrected chi connectivity index (χ1v) is 10.5. The number of carbonyl (C=O) groups excluding carboxylic acids is 2. The van der Waals surface area contributed by atoms with Crippen LogP contribution in [0.25, 0.3) is 11.3 Å². The zero-order chi connectivity index (χ0) is 24.4. The monoisotopic (exact) mass is 467 g/mol. The van der Waals surface area contributed by atoms with Crippen LogP contribution in [0.2, 0.25) is 0 Å². The Labute approximate surface area is 194 Å². The van der Waals surface area contributed by atoms with Gasteiger partial charge in [-0.2, -0.15) is 4.98 Å². The van der Waals surface area contributed by atoms with Crippen LogP contribution in [0.5, 0.6) is 0 Å². The van der Waals surface area contributed by atoms with E-state index in [4.69, 9.17) is 5.73 Å². The number of aromatic nitrogens is 2. The lowest BCUT2D eigenvalue weighted by molar-refractivity contribution is 0.100. The van der Waals surface area contributed by atoms with Crippen molar-refractivity contribution in [2.45, 2.75) is 6.54 Å². The van der Waals surface area contributed by atoms with E-state index in [-0.39, 0.29) is 23.9 Å². The van der Waals surface area contributed by atoms with Crippen molar-refractivity contribution in [1.82, 2.24) is 20.2 Å². The molecular weight excluding hydrogens is 444 g/mol. The summed E-state index contributed by atoms with van der Waals surface area (Å²) in [5.41, 5.74) is 6.52. The molecule has 0 aliphatic carbocycles. The maximum Gasteiger partial charge on any atom is 0.328 e. The van der Waals surface area contributed by atoms with Crippen LogP contribution in [0, 0.1) is 11.6 Å². The van der Waals surface area contributed by atoms with Gasteiger partial charge in [0.05, 0.1) is 12.2 Å². The van der Waals surface area contributed by atoms with Crippen molar-refractivity contribution in [3.8, 4) is 11.3 Å². The van der Waals surface area contributed by atoms with Crippen molar-refractivity contribution in [3.05, 3.63) is 65.2 Å². The van der Waals surface area contributed by atoms with Crippen molar-refractivity contribution >= 4 is 29.4 Å². The van der Waals surface area contributed by atoms with Gasteiger partial charge in [-0.3, -0.25) is 4.79 Å². The predicted molar refractivity (Wildman–Crippen MR) is 124 cm³/mol. The summed E-state index contributed by atoms with van der Waals surface area (Å²) in [6.07, 6.45) is 0. The molecule has 4 N–H and O–H groups in total. The molecule has 0 bridgehead atoms. The van der Waals surface area contributed by atoms with Crippen molar-refractivity contribution in [2.75, 3.05) is 37.4 Å². The highest BCUT2D eigenvalue weighted by Crippen LogP contribution is 2.38. The fourth-order valence-corrected chi connectivity index (χ4v) is 3.60. The van der Waals surface area contributed by atoms with E-state index >= 15 is 0 Å². The Kier molecular flexibility index (Phi) is 6.37. The number of halogens is 2. The van der Waals surface area contributed by atoms with Gasteiger partial charge in [-0.25, -0.2) is 23.5 Å². The first kappa shape index (κ1) is 23.1. The van der Waals surface area contributed by atoms with Gasteiger partial charge < -0.3 is 21.3 Å². The summed E-state index contributed by atoms with van der Waals surface area (Å²) < 4.78 is 29.4. The minimum absolute atomic E-state index is 0.0227. The number of primary amides is 1. The van der Waals surface area contributed by atoms with Crippen molar-refractivity contribution in [2.24, 2.45) is 5.73 Å². The van der Waals surface area contributed by atoms with Crippen LogP contribution < -0.4 is 21.3 Å². The second-order valence-electron chi connectivity index (χ2n) is 7.94. The highest BCUT2D eigenvalue weighted by Gasteiger charge is 2.34. The van der Waals surface area contributed by atoms with Gasteiger partial charge in [0.1, 0.15) is 17.3 Å². The number of nitrogens with two attached hydrogens (primary N) is 1. The Balaban J connectivity index is 1.91. The summed E-state index contributed by atoms with van der Waals surface area (Å²) in [6, 6.07) is 9.13. The molecule has 11 heteroatoms. The Hall–Kier alpha value is -4.12. The molecule has 34 heavy (non-hydrogen) atoms. The number of carbonyl (C=O) groups is 2. The number of fused-ring (bicyclic) bond motifs is 1. The number of benzene rings is 2. The fourth-order valence-electron chi connectivity index (χ4n) is 3.60. The second kappa shape index (κ2) is 9.40. The number of likely N-dealkylation sites (N-methyl/N-ethyl adjacent to an activating group) is 1. The van der Waals surface area contributed by atoms with Crippen LogP contribution in [-0.4, -0.2) is 54.0 Å². The smallest absolute Gasteiger partial charge is 0.328 e. The molecule has 1 aliphatic rings. The highest BCUT2D eigenvalue weighted by molar-refractivity contribution is 6.02. The Bertz CT molecular complexity index is 1250. The van der Waals surface area contributed by atoms with Gasteiger partial charge in [-0.05, 0) is 38.4 Å². The molecule has 2 heterocycles. The second-order valence-corrected chi connectivity index (χ2v) is 7.94. The minimum Gasteiger partial charge on any atom is -0.366 e. The standard InChI is InChI=1S/C23H23F2N7O2/c1-31(2)10-9-27-22-29-18(13-5-3-6-14(11-13)20(26)33)15-12-28-23(34)32(21(15)30-22)19-16(24)7-4-8-17(19)25/h3-8,11H,9-10,12H2,1-2H3,(H2,26,33)(H,28,34)(H,27,29,30). The average molecular weight is 467 g/mol. The van der Waals surface area contributed by atoms with E-state index in [2.05, 4.69) is 20.6 Å². The van der Waals surface area contributed by atoms with Gasteiger partial charge in [-0.1, -0.05) is 18.2 Å². The van der Waals surface area contributed by atoms with Gasteiger partial charge in [0.15, 0.2) is 5.82 Å². The summed E-state index contributed by atoms with van der Waals surface area (Å²) in [4.78, 5) is 36.4. The molecule has 1 aliphatic heterocycles. The number of amides is 3. The number of nitrogens with zero attached hydrogens (tertiary/aromatic N) is 4. The largest absolute Gasteiger partial charge is 0.366 e. The summed E-state index contributed by atoms with van der Waals surface area (Å²) in [5.74, 6) is -2.24. The van der Waals surface area contributed by atoms with Gasteiger partial charge in [0.2, 0.25) is 11.9 Å². The first-order valence-electron chi connectivity index (χ1n) is 10.5. The van der Waals surface area contributed by atoms with Crippen molar-refractivity contribution < 1.29 is 18.4 Å². The molecular formula is C23H23F2N7O2. The average Bonchev–Trinajstić information content (AvgIpc) is 2.79. The SMILES string of the molecule is CN(C)CCNc1nc(-c2cccc(C(N)=O)c2)c2c(n1)N(c1c(F)cccc1F)C(=O)NC2. The van der Waals surface area contributed by atoms with Crippen LogP contribution in [-0.2, 0) is 6.54 Å². The lowest BCUT2D eigenvalue weighted by atomic mass is 10.0. The summed E-state index contributed by atoms with van der Waals surface area (Å²) in [6.45, 7) is 1.17. The van der Waals surface area contributed by atoms with Gasteiger partial charge >= 0.3 is 6.03 Å². The van der Waals surface area contributed by atoms with Crippen LogP contribution >= 0.6 is 0 Å². The molecule has 0 saturated heterocycles. The fraction of sp³-hybridized carbons (Fsp3) is 0.217. The molecule has 3 amide bonds. The Morgan fingerprint density at radius 2 is 1.88 bits per heavy atom. The van der Waals surface area contributed by atoms with Crippen molar-refractivity contribution in [3.63, 3.8) is 0 Å². The highest BCUT2D eigenvalue weighted by atomic mass is 19.1. The molecule has 176 valence electrons. The third-order valence-corrected chi connectivity index (χ3v) is 5.24. The van der Waals surface area contributed by atoms with Crippen LogP contribution in [0.3, 0.4) is 0 Å². The number of nitrogens with one attached hydrogen (secondary N) is 2.